The zero-order valence-corrected chi connectivity index (χ0v) is 28.3. The molecule has 0 radical (unpaired) electrons. The van der Waals surface area contributed by atoms with Crippen molar-refractivity contribution in [2.24, 2.45) is 0 Å². The van der Waals surface area contributed by atoms with Gasteiger partial charge in [0, 0.05) is 30.4 Å². The first-order valence-electron chi connectivity index (χ1n) is 16.4. The lowest BCUT2D eigenvalue weighted by atomic mass is 9.82. The molecule has 0 aliphatic carbocycles. The number of methoxy groups -OCH3 is 1. The molecule has 2 heterocycles. The molecule has 5 atom stereocenters. The van der Waals surface area contributed by atoms with Crippen LogP contribution in [0.5, 0.6) is 5.75 Å². The molecule has 2 bridgehead atoms. The number of rotatable bonds is 18. The van der Waals surface area contributed by atoms with E-state index in [1.54, 1.807) is 24.3 Å². The SMILES string of the molecule is CCCCO[C@@H]1[C@@H](OCCCC)[C@@]2(c3ccc(Cl)c(Cc4ccc(OCC(F)(F)F)cc4)c3)OC[C@](C(=O)OC)(O2)[C@H]1OCCCC. The van der Waals surface area contributed by atoms with Gasteiger partial charge in [0.2, 0.25) is 11.4 Å². The number of hydrogen-bond donors (Lipinski definition) is 0. The van der Waals surface area contributed by atoms with Crippen molar-refractivity contribution in [3.63, 3.8) is 0 Å². The van der Waals surface area contributed by atoms with E-state index >= 15 is 0 Å². The molecule has 4 rings (SSSR count). The van der Waals surface area contributed by atoms with Gasteiger partial charge in [-0.15, -0.1) is 0 Å². The Morgan fingerprint density at radius 2 is 1.53 bits per heavy atom. The smallest absolute Gasteiger partial charge is 0.422 e. The highest BCUT2D eigenvalue weighted by Gasteiger charge is 2.72. The molecule has 2 aromatic carbocycles. The molecule has 2 fully saturated rings. The van der Waals surface area contributed by atoms with Crippen LogP contribution in [-0.2, 0) is 45.4 Å². The molecule has 0 N–H and O–H groups in total. The number of hydrogen-bond acceptors (Lipinski definition) is 8. The first kappa shape index (κ1) is 37.4. The third-order valence-corrected chi connectivity index (χ3v) is 8.73. The molecule has 2 saturated heterocycles. The van der Waals surface area contributed by atoms with Crippen LogP contribution in [0.1, 0.15) is 76.0 Å². The first-order valence-corrected chi connectivity index (χ1v) is 16.8. The molecule has 2 aromatic rings. The predicted molar refractivity (Wildman–Crippen MR) is 170 cm³/mol. The van der Waals surface area contributed by atoms with E-state index in [1.165, 1.54) is 19.2 Å². The molecular weight excluding hydrogens is 641 g/mol. The van der Waals surface area contributed by atoms with Gasteiger partial charge in [-0.2, -0.15) is 13.2 Å². The lowest BCUT2D eigenvalue weighted by Crippen LogP contribution is -2.69. The number of halogens is 4. The van der Waals surface area contributed by atoms with Crippen molar-refractivity contribution in [2.75, 3.05) is 40.1 Å². The standard InChI is InChI=1S/C35H46ClF3O8/c1-5-8-17-42-29-30(43-18-9-6-2)33(32(40)41-4)22-46-35(47-33,31(29)44-19-10-7-3)26-13-16-28(36)25(21-26)20-24-11-14-27(15-12-24)45-23-34(37,38)39/h11-16,21,29-31H,5-10,17-20,22-23H2,1-4H3/t29-,30-,31+,33-,35-/m0/s1. The largest absolute Gasteiger partial charge is 0.484 e. The number of ether oxygens (including phenoxy) is 7. The van der Waals surface area contributed by atoms with Crippen LogP contribution >= 0.6 is 11.6 Å². The molecule has 262 valence electrons. The summed E-state index contributed by atoms with van der Waals surface area (Å²) in [5.74, 6) is -2.08. The summed E-state index contributed by atoms with van der Waals surface area (Å²) in [6.07, 6.45) is -1.41. The van der Waals surface area contributed by atoms with E-state index in [-0.39, 0.29) is 12.4 Å². The minimum atomic E-state index is -4.43. The molecule has 0 aromatic heterocycles. The minimum absolute atomic E-state index is 0.107. The quantitative estimate of drug-likeness (QED) is 0.118. The number of esters is 1. The predicted octanol–water partition coefficient (Wildman–Crippen LogP) is 7.55. The lowest BCUT2D eigenvalue weighted by Gasteiger charge is -2.49. The normalized spacial score (nSPS) is 25.6. The average Bonchev–Trinajstić information content (AvgIpc) is 3.42. The van der Waals surface area contributed by atoms with E-state index in [2.05, 4.69) is 20.8 Å². The Bertz CT molecular complexity index is 1290. The van der Waals surface area contributed by atoms with E-state index in [0.717, 1.165) is 44.1 Å². The second-order valence-electron chi connectivity index (χ2n) is 11.9. The van der Waals surface area contributed by atoms with E-state index in [4.69, 9.17) is 44.8 Å². The van der Waals surface area contributed by atoms with E-state index in [0.29, 0.717) is 42.4 Å². The summed E-state index contributed by atoms with van der Waals surface area (Å²) in [6, 6.07) is 11.7. The zero-order valence-electron chi connectivity index (χ0n) is 27.5. The zero-order chi connectivity index (χ0) is 34.1. The average molecular weight is 687 g/mol. The van der Waals surface area contributed by atoms with Gasteiger partial charge in [0.15, 0.2) is 6.61 Å². The van der Waals surface area contributed by atoms with Gasteiger partial charge >= 0.3 is 12.1 Å². The maximum absolute atomic E-state index is 13.6. The van der Waals surface area contributed by atoms with Gasteiger partial charge in [-0.05, 0) is 61.1 Å². The molecule has 12 heteroatoms. The van der Waals surface area contributed by atoms with Gasteiger partial charge in [0.05, 0.1) is 13.7 Å². The topological polar surface area (TPSA) is 81.7 Å². The van der Waals surface area contributed by atoms with Crippen molar-refractivity contribution in [2.45, 2.75) is 102 Å². The highest BCUT2D eigenvalue weighted by molar-refractivity contribution is 6.31. The number of carbonyl (C=O) groups is 1. The monoisotopic (exact) mass is 686 g/mol. The molecule has 8 nitrogen and oxygen atoms in total. The van der Waals surface area contributed by atoms with E-state index in [1.807, 2.05) is 6.07 Å². The highest BCUT2D eigenvalue weighted by Crippen LogP contribution is 2.53. The van der Waals surface area contributed by atoms with Crippen molar-refractivity contribution in [1.82, 2.24) is 0 Å². The fraction of sp³-hybridized carbons (Fsp3) is 0.629. The summed E-state index contributed by atoms with van der Waals surface area (Å²) in [6.45, 7) is 5.89. The van der Waals surface area contributed by atoms with Crippen LogP contribution in [0.2, 0.25) is 5.02 Å². The summed E-state index contributed by atoms with van der Waals surface area (Å²) in [5.41, 5.74) is 0.464. The molecular formula is C35H46ClF3O8. The molecule has 47 heavy (non-hydrogen) atoms. The van der Waals surface area contributed by atoms with Crippen LogP contribution in [0, 0.1) is 0 Å². The Kier molecular flexibility index (Phi) is 13.4. The van der Waals surface area contributed by atoms with Crippen LogP contribution in [0.4, 0.5) is 13.2 Å². The van der Waals surface area contributed by atoms with Crippen molar-refractivity contribution in [3.8, 4) is 5.75 Å². The van der Waals surface area contributed by atoms with Crippen molar-refractivity contribution in [1.29, 1.82) is 0 Å². The lowest BCUT2D eigenvalue weighted by molar-refractivity contribution is -0.341. The second kappa shape index (κ2) is 16.8. The third-order valence-electron chi connectivity index (χ3n) is 8.36. The van der Waals surface area contributed by atoms with Gasteiger partial charge in [-0.1, -0.05) is 69.8 Å². The summed E-state index contributed by atoms with van der Waals surface area (Å²) in [5, 5.41) is 0.468. The summed E-state index contributed by atoms with van der Waals surface area (Å²) in [4.78, 5) is 13.6. The van der Waals surface area contributed by atoms with Gasteiger partial charge in [-0.3, -0.25) is 0 Å². The van der Waals surface area contributed by atoms with Crippen molar-refractivity contribution in [3.05, 3.63) is 64.2 Å². The van der Waals surface area contributed by atoms with Crippen LogP contribution < -0.4 is 4.74 Å². The fourth-order valence-electron chi connectivity index (χ4n) is 5.86. The highest BCUT2D eigenvalue weighted by atomic mass is 35.5. The number of fused-ring (bicyclic) bond motifs is 2. The maximum Gasteiger partial charge on any atom is 0.422 e. The van der Waals surface area contributed by atoms with Gasteiger partial charge in [0.25, 0.3) is 0 Å². The Labute approximate surface area is 280 Å². The van der Waals surface area contributed by atoms with Gasteiger partial charge in [0.1, 0.15) is 24.1 Å². The molecule has 0 spiro atoms. The fourth-order valence-corrected chi connectivity index (χ4v) is 6.04. The second-order valence-corrected chi connectivity index (χ2v) is 12.4. The first-order chi connectivity index (χ1) is 22.5. The molecule has 0 amide bonds. The number of benzene rings is 2. The maximum atomic E-state index is 13.6. The number of carbonyl (C=O) groups excluding carboxylic acids is 1. The Morgan fingerprint density at radius 1 is 0.915 bits per heavy atom. The van der Waals surface area contributed by atoms with Gasteiger partial charge in [-0.25, -0.2) is 4.79 Å². The summed E-state index contributed by atoms with van der Waals surface area (Å²) < 4.78 is 80.7. The van der Waals surface area contributed by atoms with Crippen molar-refractivity contribution >= 4 is 17.6 Å². The number of unbranched alkanes of at least 4 members (excludes halogenated alkanes) is 3. The van der Waals surface area contributed by atoms with Gasteiger partial charge < -0.3 is 33.2 Å². The van der Waals surface area contributed by atoms with Crippen molar-refractivity contribution < 1.29 is 51.1 Å². The third kappa shape index (κ3) is 8.80. The van der Waals surface area contributed by atoms with Crippen LogP contribution in [-0.4, -0.2) is 76.2 Å². The minimum Gasteiger partial charge on any atom is -0.484 e. The number of alkyl halides is 3. The van der Waals surface area contributed by atoms with Crippen LogP contribution in [0.15, 0.2) is 42.5 Å². The van der Waals surface area contributed by atoms with Crippen LogP contribution in [0.25, 0.3) is 0 Å². The molecule has 2 aliphatic rings. The Morgan fingerprint density at radius 3 is 2.13 bits per heavy atom. The van der Waals surface area contributed by atoms with E-state index in [9.17, 15) is 18.0 Å². The summed E-state index contributed by atoms with van der Waals surface area (Å²) in [7, 11) is 1.31. The Hall–Kier alpha value is -2.41. The molecule has 0 unspecified atom stereocenters. The summed E-state index contributed by atoms with van der Waals surface area (Å²) >= 11 is 6.68. The van der Waals surface area contributed by atoms with E-state index < -0.39 is 48.5 Å². The molecule has 0 saturated carbocycles. The van der Waals surface area contributed by atoms with Crippen LogP contribution in [0.3, 0.4) is 0 Å². The Balaban J connectivity index is 1.73. The molecule has 2 aliphatic heterocycles.